The van der Waals surface area contributed by atoms with Gasteiger partial charge in [0.05, 0.1) is 0 Å². The van der Waals surface area contributed by atoms with E-state index >= 15 is 0 Å². The number of hydrogen-bond donors (Lipinski definition) is 1. The van der Waals surface area contributed by atoms with E-state index < -0.39 is 18.5 Å². The van der Waals surface area contributed by atoms with Gasteiger partial charge in [0.15, 0.2) is 6.61 Å². The summed E-state index contributed by atoms with van der Waals surface area (Å²) in [6.45, 7) is -0.407. The lowest BCUT2D eigenvalue weighted by Gasteiger charge is -2.11. The van der Waals surface area contributed by atoms with Crippen LogP contribution in [0.5, 0.6) is 0 Å². The number of halogens is 1. The third kappa shape index (κ3) is 5.38. The van der Waals surface area contributed by atoms with E-state index in [1.54, 1.807) is 6.07 Å². The van der Waals surface area contributed by atoms with Crippen molar-refractivity contribution >= 4 is 23.6 Å². The normalized spacial score (nSPS) is 10.6. The van der Waals surface area contributed by atoms with Gasteiger partial charge in [-0.2, -0.15) is 0 Å². The second-order valence-electron chi connectivity index (χ2n) is 5.95. The van der Waals surface area contributed by atoms with Gasteiger partial charge in [-0.15, -0.1) is 0 Å². The second kappa shape index (κ2) is 9.28. The molecule has 0 aromatic heterocycles. The van der Waals surface area contributed by atoms with Gasteiger partial charge in [0, 0.05) is 17.3 Å². The fourth-order valence-electron chi connectivity index (χ4n) is 2.57. The highest BCUT2D eigenvalue weighted by Crippen LogP contribution is 2.27. The fraction of sp³-hybridized carbons (Fsp3) is 0.0435. The maximum absolute atomic E-state index is 12.9. The smallest absolute Gasteiger partial charge is 0.331 e. The van der Waals surface area contributed by atoms with Gasteiger partial charge in [0.1, 0.15) is 5.82 Å². The van der Waals surface area contributed by atoms with E-state index in [-0.39, 0.29) is 5.82 Å². The van der Waals surface area contributed by atoms with E-state index in [4.69, 9.17) is 4.74 Å². The standard InChI is InChI=1S/C23H18FNO3/c24-19-13-10-17(11-14-19)12-15-23(27)28-16-22(26)25-21-9-5-4-8-20(21)18-6-2-1-3-7-18/h1-15H,16H2,(H,25,26). The van der Waals surface area contributed by atoms with Crippen LogP contribution in [0.3, 0.4) is 0 Å². The molecular formula is C23H18FNO3. The Morgan fingerprint density at radius 2 is 1.57 bits per heavy atom. The molecule has 0 unspecified atom stereocenters. The molecule has 4 nitrogen and oxygen atoms in total. The summed E-state index contributed by atoms with van der Waals surface area (Å²) in [7, 11) is 0. The SMILES string of the molecule is O=C(COC(=O)C=Cc1ccc(F)cc1)Nc1ccccc1-c1ccccc1. The predicted molar refractivity (Wildman–Crippen MR) is 107 cm³/mol. The zero-order chi connectivity index (χ0) is 19.8. The first-order valence-corrected chi connectivity index (χ1v) is 8.66. The number of rotatable bonds is 6. The Hall–Kier alpha value is -3.73. The van der Waals surface area contributed by atoms with Gasteiger partial charge in [0.2, 0.25) is 0 Å². The molecule has 3 aromatic carbocycles. The van der Waals surface area contributed by atoms with Crippen LogP contribution in [0.4, 0.5) is 10.1 Å². The van der Waals surface area contributed by atoms with Gasteiger partial charge < -0.3 is 10.1 Å². The quantitative estimate of drug-likeness (QED) is 0.502. The number of benzene rings is 3. The molecule has 1 N–H and O–H groups in total. The van der Waals surface area contributed by atoms with E-state index in [0.717, 1.165) is 11.1 Å². The molecular weight excluding hydrogens is 357 g/mol. The van der Waals surface area contributed by atoms with Crippen LogP contribution < -0.4 is 5.32 Å². The Balaban J connectivity index is 1.56. The Morgan fingerprint density at radius 1 is 0.893 bits per heavy atom. The highest BCUT2D eigenvalue weighted by atomic mass is 19.1. The number of esters is 1. The van der Waals surface area contributed by atoms with Gasteiger partial charge in [-0.25, -0.2) is 9.18 Å². The Morgan fingerprint density at radius 3 is 2.32 bits per heavy atom. The monoisotopic (exact) mass is 375 g/mol. The summed E-state index contributed by atoms with van der Waals surface area (Å²) in [6.07, 6.45) is 2.68. The number of hydrogen-bond acceptors (Lipinski definition) is 3. The van der Waals surface area contributed by atoms with Crippen LogP contribution in [-0.2, 0) is 14.3 Å². The largest absolute Gasteiger partial charge is 0.452 e. The highest BCUT2D eigenvalue weighted by molar-refractivity contribution is 5.97. The number of anilines is 1. The molecule has 0 radical (unpaired) electrons. The van der Waals surface area contributed by atoms with Gasteiger partial charge in [-0.1, -0.05) is 60.7 Å². The zero-order valence-corrected chi connectivity index (χ0v) is 15.0. The van der Waals surface area contributed by atoms with Gasteiger partial charge in [-0.05, 0) is 35.4 Å². The zero-order valence-electron chi connectivity index (χ0n) is 15.0. The third-order valence-corrected chi connectivity index (χ3v) is 3.91. The van der Waals surface area contributed by atoms with E-state index in [1.807, 2.05) is 48.5 Å². The molecule has 0 saturated carbocycles. The molecule has 5 heteroatoms. The summed E-state index contributed by atoms with van der Waals surface area (Å²) in [4.78, 5) is 23.9. The van der Waals surface area contributed by atoms with E-state index in [2.05, 4.69) is 5.32 Å². The topological polar surface area (TPSA) is 55.4 Å². The molecule has 3 rings (SSSR count). The molecule has 3 aromatic rings. The van der Waals surface area contributed by atoms with Crippen molar-refractivity contribution in [3.05, 3.63) is 96.3 Å². The van der Waals surface area contributed by atoms with Crippen molar-refractivity contribution in [3.63, 3.8) is 0 Å². The molecule has 0 atom stereocenters. The Labute approximate surface area is 162 Å². The molecule has 1 amide bonds. The van der Waals surface area contributed by atoms with E-state index in [0.29, 0.717) is 11.3 Å². The first kappa shape index (κ1) is 19.0. The molecule has 0 bridgehead atoms. The first-order valence-electron chi connectivity index (χ1n) is 8.66. The summed E-state index contributed by atoms with van der Waals surface area (Å²) >= 11 is 0. The average molecular weight is 375 g/mol. The number of ether oxygens (including phenoxy) is 1. The van der Waals surface area contributed by atoms with Crippen molar-refractivity contribution in [2.24, 2.45) is 0 Å². The number of amides is 1. The average Bonchev–Trinajstić information content (AvgIpc) is 2.73. The molecule has 0 aliphatic rings. The molecule has 0 aliphatic heterocycles. The molecule has 0 aliphatic carbocycles. The van der Waals surface area contributed by atoms with Crippen LogP contribution in [0.1, 0.15) is 5.56 Å². The van der Waals surface area contributed by atoms with Gasteiger partial charge in [-0.3, -0.25) is 4.79 Å². The lowest BCUT2D eigenvalue weighted by atomic mass is 10.0. The van der Waals surface area contributed by atoms with Gasteiger partial charge in [0.25, 0.3) is 5.91 Å². The second-order valence-corrected chi connectivity index (χ2v) is 5.95. The summed E-state index contributed by atoms with van der Waals surface area (Å²) in [5.41, 5.74) is 3.13. The predicted octanol–water partition coefficient (Wildman–Crippen LogP) is 4.69. The number of para-hydroxylation sites is 1. The van der Waals surface area contributed by atoms with Crippen LogP contribution in [0.15, 0.2) is 84.9 Å². The molecule has 0 saturated heterocycles. The van der Waals surface area contributed by atoms with Crippen molar-refractivity contribution in [1.82, 2.24) is 0 Å². The minimum Gasteiger partial charge on any atom is -0.452 e. The van der Waals surface area contributed by atoms with Crippen LogP contribution in [0, 0.1) is 5.82 Å². The molecule has 140 valence electrons. The minimum absolute atomic E-state index is 0.354. The number of carbonyl (C=O) groups excluding carboxylic acids is 2. The van der Waals surface area contributed by atoms with E-state index in [1.165, 1.54) is 36.4 Å². The summed E-state index contributed by atoms with van der Waals surface area (Å²) < 4.78 is 17.8. The van der Waals surface area contributed by atoms with Crippen molar-refractivity contribution < 1.29 is 18.7 Å². The molecule has 0 heterocycles. The van der Waals surface area contributed by atoms with Crippen LogP contribution in [0.25, 0.3) is 17.2 Å². The first-order chi connectivity index (χ1) is 13.6. The van der Waals surface area contributed by atoms with Crippen molar-refractivity contribution in [3.8, 4) is 11.1 Å². The fourth-order valence-corrected chi connectivity index (χ4v) is 2.57. The Bertz CT molecular complexity index is 982. The van der Waals surface area contributed by atoms with Crippen molar-refractivity contribution in [1.29, 1.82) is 0 Å². The van der Waals surface area contributed by atoms with Crippen molar-refractivity contribution in [2.75, 3.05) is 11.9 Å². The highest BCUT2D eigenvalue weighted by Gasteiger charge is 2.09. The molecule has 0 spiro atoms. The summed E-state index contributed by atoms with van der Waals surface area (Å²) in [6, 6.07) is 22.7. The van der Waals surface area contributed by atoms with Crippen LogP contribution >= 0.6 is 0 Å². The Kier molecular flexibility index (Phi) is 6.31. The van der Waals surface area contributed by atoms with Gasteiger partial charge >= 0.3 is 5.97 Å². The molecule has 0 fully saturated rings. The van der Waals surface area contributed by atoms with E-state index in [9.17, 15) is 14.0 Å². The van der Waals surface area contributed by atoms with Crippen molar-refractivity contribution in [2.45, 2.75) is 0 Å². The summed E-state index contributed by atoms with van der Waals surface area (Å²) in [5.74, 6) is -1.45. The van der Waals surface area contributed by atoms with Crippen LogP contribution in [-0.4, -0.2) is 18.5 Å². The lowest BCUT2D eigenvalue weighted by molar-refractivity contribution is -0.142. The molecule has 28 heavy (non-hydrogen) atoms. The maximum atomic E-state index is 12.9. The van der Waals surface area contributed by atoms with Crippen LogP contribution in [0.2, 0.25) is 0 Å². The number of carbonyl (C=O) groups is 2. The minimum atomic E-state index is -0.657. The lowest BCUT2D eigenvalue weighted by Crippen LogP contribution is -2.20. The maximum Gasteiger partial charge on any atom is 0.331 e. The number of nitrogens with one attached hydrogen (secondary N) is 1. The third-order valence-electron chi connectivity index (χ3n) is 3.91. The summed E-state index contributed by atoms with van der Waals surface area (Å²) in [5, 5.41) is 2.76.